The van der Waals surface area contributed by atoms with Crippen LogP contribution in [0, 0.1) is 0 Å². The van der Waals surface area contributed by atoms with E-state index in [1.54, 1.807) is 12.3 Å². The lowest BCUT2D eigenvalue weighted by Crippen LogP contribution is -2.10. The number of anilines is 1. The molecule has 2 heterocycles. The SMILES string of the molecule is NS(=O)(=O)c1ccc(CNc2ccc3cn[nH]c3c2)o1. The van der Waals surface area contributed by atoms with Crippen LogP contribution in [0.3, 0.4) is 0 Å². The third-order valence-corrected chi connectivity index (χ3v) is 3.61. The van der Waals surface area contributed by atoms with E-state index in [0.717, 1.165) is 16.6 Å². The molecule has 3 rings (SSSR count). The molecule has 0 fully saturated rings. The molecular weight excluding hydrogens is 280 g/mol. The van der Waals surface area contributed by atoms with Gasteiger partial charge in [0.25, 0.3) is 10.0 Å². The molecule has 0 saturated carbocycles. The molecule has 20 heavy (non-hydrogen) atoms. The van der Waals surface area contributed by atoms with Crippen LogP contribution in [0.1, 0.15) is 5.76 Å². The lowest BCUT2D eigenvalue weighted by Gasteiger charge is -2.04. The number of nitrogens with one attached hydrogen (secondary N) is 2. The van der Waals surface area contributed by atoms with Crippen molar-refractivity contribution in [3.63, 3.8) is 0 Å². The summed E-state index contributed by atoms with van der Waals surface area (Å²) in [5.41, 5.74) is 1.79. The van der Waals surface area contributed by atoms with E-state index < -0.39 is 10.0 Å². The van der Waals surface area contributed by atoms with Crippen LogP contribution in [0.25, 0.3) is 10.9 Å². The number of aromatic nitrogens is 2. The average molecular weight is 292 g/mol. The third-order valence-electron chi connectivity index (χ3n) is 2.83. The maximum Gasteiger partial charge on any atom is 0.271 e. The molecule has 0 atom stereocenters. The molecule has 7 nitrogen and oxygen atoms in total. The molecule has 0 aliphatic rings. The Morgan fingerprint density at radius 2 is 2.15 bits per heavy atom. The summed E-state index contributed by atoms with van der Waals surface area (Å²) in [6.45, 7) is 0.356. The maximum absolute atomic E-state index is 11.1. The van der Waals surface area contributed by atoms with Crippen molar-refractivity contribution in [2.24, 2.45) is 5.14 Å². The second-order valence-corrected chi connectivity index (χ2v) is 5.78. The van der Waals surface area contributed by atoms with Crippen LogP contribution in [0.2, 0.25) is 0 Å². The number of H-pyrrole nitrogens is 1. The van der Waals surface area contributed by atoms with Gasteiger partial charge in [-0.15, -0.1) is 0 Å². The minimum absolute atomic E-state index is 0.238. The zero-order valence-electron chi connectivity index (χ0n) is 10.3. The molecule has 0 aliphatic carbocycles. The molecule has 0 aliphatic heterocycles. The van der Waals surface area contributed by atoms with Gasteiger partial charge in [0.1, 0.15) is 5.76 Å². The van der Waals surface area contributed by atoms with Crippen molar-refractivity contribution in [3.05, 3.63) is 42.3 Å². The average Bonchev–Trinajstić information content (AvgIpc) is 3.04. The number of aromatic amines is 1. The highest BCUT2D eigenvalue weighted by atomic mass is 32.2. The molecule has 0 spiro atoms. The van der Waals surface area contributed by atoms with E-state index in [0.29, 0.717) is 12.3 Å². The molecule has 4 N–H and O–H groups in total. The van der Waals surface area contributed by atoms with Crippen molar-refractivity contribution in [3.8, 4) is 0 Å². The zero-order valence-corrected chi connectivity index (χ0v) is 11.1. The van der Waals surface area contributed by atoms with Crippen molar-refractivity contribution in [1.29, 1.82) is 0 Å². The van der Waals surface area contributed by atoms with Gasteiger partial charge >= 0.3 is 0 Å². The Hall–Kier alpha value is -2.32. The van der Waals surface area contributed by atoms with Gasteiger partial charge in [-0.25, -0.2) is 13.6 Å². The molecule has 0 bridgehead atoms. The summed E-state index contributed by atoms with van der Waals surface area (Å²) < 4.78 is 27.3. The van der Waals surface area contributed by atoms with Crippen LogP contribution in [0.15, 0.2) is 46.0 Å². The minimum atomic E-state index is -3.79. The summed E-state index contributed by atoms with van der Waals surface area (Å²) in [5, 5.41) is 15.7. The van der Waals surface area contributed by atoms with Crippen LogP contribution >= 0.6 is 0 Å². The van der Waals surface area contributed by atoms with Crippen molar-refractivity contribution in [2.75, 3.05) is 5.32 Å². The summed E-state index contributed by atoms with van der Waals surface area (Å²) in [6, 6.07) is 8.65. The van der Waals surface area contributed by atoms with Gasteiger partial charge in [0.2, 0.25) is 5.09 Å². The highest BCUT2D eigenvalue weighted by Gasteiger charge is 2.12. The smallest absolute Gasteiger partial charge is 0.271 e. The van der Waals surface area contributed by atoms with E-state index >= 15 is 0 Å². The quantitative estimate of drug-likeness (QED) is 0.672. The highest BCUT2D eigenvalue weighted by molar-refractivity contribution is 7.89. The molecule has 0 saturated heterocycles. The largest absolute Gasteiger partial charge is 0.446 e. The number of hydrogen-bond donors (Lipinski definition) is 3. The highest BCUT2D eigenvalue weighted by Crippen LogP contribution is 2.18. The Balaban J connectivity index is 1.74. The number of nitrogens with two attached hydrogens (primary N) is 1. The summed E-state index contributed by atoms with van der Waals surface area (Å²) in [5.74, 6) is 0.485. The van der Waals surface area contributed by atoms with Crippen molar-refractivity contribution >= 4 is 26.6 Å². The first-order valence-corrected chi connectivity index (χ1v) is 7.35. The molecule has 0 radical (unpaired) electrons. The van der Waals surface area contributed by atoms with Gasteiger partial charge in [-0.05, 0) is 30.3 Å². The first-order chi connectivity index (χ1) is 9.52. The number of sulfonamides is 1. The Bertz CT molecular complexity index is 850. The lowest BCUT2D eigenvalue weighted by molar-refractivity contribution is 0.419. The first-order valence-electron chi connectivity index (χ1n) is 5.81. The van der Waals surface area contributed by atoms with Crippen LogP contribution in [-0.4, -0.2) is 18.6 Å². The first kappa shape index (κ1) is 12.7. The van der Waals surface area contributed by atoms with Gasteiger partial charge < -0.3 is 9.73 Å². The van der Waals surface area contributed by atoms with Gasteiger partial charge in [-0.1, -0.05) is 0 Å². The number of fused-ring (bicyclic) bond motifs is 1. The van der Waals surface area contributed by atoms with Crippen molar-refractivity contribution < 1.29 is 12.8 Å². The molecule has 0 unspecified atom stereocenters. The van der Waals surface area contributed by atoms with E-state index in [1.807, 2.05) is 18.2 Å². The van der Waals surface area contributed by atoms with E-state index in [4.69, 9.17) is 9.56 Å². The van der Waals surface area contributed by atoms with Crippen LogP contribution in [0.5, 0.6) is 0 Å². The van der Waals surface area contributed by atoms with Crippen molar-refractivity contribution in [2.45, 2.75) is 11.6 Å². The topological polar surface area (TPSA) is 114 Å². The zero-order chi connectivity index (χ0) is 14.2. The summed E-state index contributed by atoms with van der Waals surface area (Å²) >= 11 is 0. The van der Waals surface area contributed by atoms with E-state index in [9.17, 15) is 8.42 Å². The predicted molar refractivity (Wildman–Crippen MR) is 73.5 cm³/mol. The monoisotopic (exact) mass is 292 g/mol. The number of furan rings is 1. The minimum Gasteiger partial charge on any atom is -0.446 e. The Labute approximate surface area is 114 Å². The number of primary sulfonamides is 1. The second-order valence-electron chi connectivity index (χ2n) is 4.29. The molecule has 3 aromatic rings. The van der Waals surface area contributed by atoms with Crippen LogP contribution in [-0.2, 0) is 16.6 Å². The molecule has 104 valence electrons. The Morgan fingerprint density at radius 3 is 2.90 bits per heavy atom. The summed E-state index contributed by atoms with van der Waals surface area (Å²) in [4.78, 5) is 0. The fourth-order valence-electron chi connectivity index (χ4n) is 1.84. The molecule has 1 aromatic carbocycles. The van der Waals surface area contributed by atoms with Gasteiger partial charge in [0.05, 0.1) is 18.3 Å². The number of rotatable bonds is 4. The number of nitrogens with zero attached hydrogens (tertiary/aromatic N) is 1. The number of hydrogen-bond acceptors (Lipinski definition) is 5. The Kier molecular flexibility index (Phi) is 2.96. The standard InChI is InChI=1S/C12H12N4O3S/c13-20(17,18)12-4-3-10(19-12)7-14-9-2-1-8-6-15-16-11(8)5-9/h1-6,14H,7H2,(H,15,16)(H2,13,17,18). The predicted octanol–water partition coefficient (Wildman–Crippen LogP) is 1.42. The maximum atomic E-state index is 11.1. The van der Waals surface area contributed by atoms with Crippen LogP contribution in [0.4, 0.5) is 5.69 Å². The molecule has 0 amide bonds. The Morgan fingerprint density at radius 1 is 1.30 bits per heavy atom. The van der Waals surface area contributed by atoms with E-state index in [-0.39, 0.29) is 5.09 Å². The number of benzene rings is 1. The van der Waals surface area contributed by atoms with Gasteiger partial charge in [0, 0.05) is 11.1 Å². The van der Waals surface area contributed by atoms with E-state index in [1.165, 1.54) is 6.07 Å². The lowest BCUT2D eigenvalue weighted by atomic mass is 10.2. The van der Waals surface area contributed by atoms with Gasteiger partial charge in [0.15, 0.2) is 0 Å². The van der Waals surface area contributed by atoms with Crippen LogP contribution < -0.4 is 10.5 Å². The third kappa shape index (κ3) is 2.51. The van der Waals surface area contributed by atoms with Gasteiger partial charge in [-0.3, -0.25) is 5.10 Å². The summed E-state index contributed by atoms with van der Waals surface area (Å²) in [6.07, 6.45) is 1.74. The van der Waals surface area contributed by atoms with Gasteiger partial charge in [-0.2, -0.15) is 5.10 Å². The van der Waals surface area contributed by atoms with E-state index in [2.05, 4.69) is 15.5 Å². The van der Waals surface area contributed by atoms with Crippen molar-refractivity contribution in [1.82, 2.24) is 10.2 Å². The molecular formula is C12H12N4O3S. The fraction of sp³-hybridized carbons (Fsp3) is 0.0833. The fourth-order valence-corrected chi connectivity index (χ4v) is 2.32. The molecule has 8 heteroatoms. The normalized spacial score (nSPS) is 11.8. The molecule has 2 aromatic heterocycles. The second kappa shape index (κ2) is 4.66. The summed E-state index contributed by atoms with van der Waals surface area (Å²) in [7, 11) is -3.79.